The number of aryl methyl sites for hydroxylation is 1. The highest BCUT2D eigenvalue weighted by atomic mass is 35.6. The fourth-order valence-corrected chi connectivity index (χ4v) is 2.16. The summed E-state index contributed by atoms with van der Waals surface area (Å²) in [6.07, 6.45) is 4.28. The standard InChI is InChI=1S/C14H20Cl3N5/c1-3-5-6-8-11-19-12(14(15,16)17)21-13(20-11)22(4-2)10-7-9-18/h3-8,10H2,1-2H3. The van der Waals surface area contributed by atoms with Crippen molar-refractivity contribution in [1.29, 1.82) is 5.26 Å². The molecule has 0 aliphatic heterocycles. The van der Waals surface area contributed by atoms with Crippen molar-refractivity contribution in [1.82, 2.24) is 15.0 Å². The molecule has 1 heterocycles. The maximum absolute atomic E-state index is 8.75. The Bertz CT molecular complexity index is 510. The molecule has 0 aromatic carbocycles. The van der Waals surface area contributed by atoms with Crippen LogP contribution in [0.25, 0.3) is 0 Å². The van der Waals surface area contributed by atoms with Gasteiger partial charge in [0.25, 0.3) is 0 Å². The first-order chi connectivity index (χ1) is 10.4. The molecule has 0 amide bonds. The molecule has 0 radical (unpaired) electrons. The van der Waals surface area contributed by atoms with Crippen LogP contribution in [-0.4, -0.2) is 28.0 Å². The predicted octanol–water partition coefficient (Wildman–Crippen LogP) is 4.17. The van der Waals surface area contributed by atoms with Gasteiger partial charge in [-0.25, -0.2) is 4.98 Å². The molecule has 0 spiro atoms. The summed E-state index contributed by atoms with van der Waals surface area (Å²) in [6.45, 7) is 5.29. The van der Waals surface area contributed by atoms with Gasteiger partial charge in [0.1, 0.15) is 5.82 Å². The van der Waals surface area contributed by atoms with E-state index < -0.39 is 3.79 Å². The highest BCUT2D eigenvalue weighted by Gasteiger charge is 2.29. The van der Waals surface area contributed by atoms with Gasteiger partial charge in [0, 0.05) is 19.5 Å². The number of rotatable bonds is 8. The summed E-state index contributed by atoms with van der Waals surface area (Å²) in [5.41, 5.74) is 0. The maximum atomic E-state index is 8.75. The van der Waals surface area contributed by atoms with Gasteiger partial charge < -0.3 is 4.90 Å². The molecule has 0 unspecified atom stereocenters. The van der Waals surface area contributed by atoms with Crippen LogP contribution in [0.4, 0.5) is 5.95 Å². The molecule has 8 heteroatoms. The van der Waals surface area contributed by atoms with Crippen LogP contribution in [0.5, 0.6) is 0 Å². The Labute approximate surface area is 146 Å². The Balaban J connectivity index is 3.08. The van der Waals surface area contributed by atoms with Crippen molar-refractivity contribution in [3.05, 3.63) is 11.6 Å². The monoisotopic (exact) mass is 363 g/mol. The molecule has 22 heavy (non-hydrogen) atoms. The molecule has 0 N–H and O–H groups in total. The van der Waals surface area contributed by atoms with E-state index in [1.165, 1.54) is 0 Å². The molecular weight excluding hydrogens is 345 g/mol. The number of anilines is 1. The second kappa shape index (κ2) is 9.34. The molecule has 0 aliphatic rings. The number of aromatic nitrogens is 3. The molecule has 0 saturated heterocycles. The molecule has 0 saturated carbocycles. The van der Waals surface area contributed by atoms with Crippen LogP contribution in [0, 0.1) is 11.3 Å². The second-order valence-electron chi connectivity index (χ2n) is 4.82. The average Bonchev–Trinajstić information content (AvgIpc) is 2.47. The van der Waals surface area contributed by atoms with Crippen LogP contribution in [0.1, 0.15) is 51.2 Å². The van der Waals surface area contributed by atoms with Crippen molar-refractivity contribution in [3.63, 3.8) is 0 Å². The lowest BCUT2D eigenvalue weighted by Gasteiger charge is -2.21. The van der Waals surface area contributed by atoms with Crippen molar-refractivity contribution < 1.29 is 0 Å². The van der Waals surface area contributed by atoms with Gasteiger partial charge in [0.05, 0.1) is 12.5 Å². The number of halogens is 3. The summed E-state index contributed by atoms with van der Waals surface area (Å²) in [5, 5.41) is 8.75. The minimum atomic E-state index is -1.69. The molecule has 0 fully saturated rings. The molecule has 0 aliphatic carbocycles. The molecule has 0 atom stereocenters. The Morgan fingerprint density at radius 3 is 2.41 bits per heavy atom. The second-order valence-corrected chi connectivity index (χ2v) is 7.10. The van der Waals surface area contributed by atoms with Gasteiger partial charge in [-0.2, -0.15) is 15.2 Å². The fraction of sp³-hybridized carbons (Fsp3) is 0.714. The quantitative estimate of drug-likeness (QED) is 0.511. The molecule has 0 bridgehead atoms. The summed E-state index contributed by atoms with van der Waals surface area (Å²) < 4.78 is -1.69. The smallest absolute Gasteiger partial charge is 0.250 e. The third-order valence-electron chi connectivity index (χ3n) is 3.09. The van der Waals surface area contributed by atoms with Gasteiger partial charge in [0.15, 0.2) is 5.82 Å². The average molecular weight is 365 g/mol. The number of nitriles is 1. The largest absolute Gasteiger partial charge is 0.340 e. The van der Waals surface area contributed by atoms with Crippen LogP contribution in [0.2, 0.25) is 0 Å². The highest BCUT2D eigenvalue weighted by Crippen LogP contribution is 2.36. The minimum absolute atomic E-state index is 0.129. The number of alkyl halides is 3. The van der Waals surface area contributed by atoms with E-state index in [0.29, 0.717) is 37.7 Å². The molecule has 5 nitrogen and oxygen atoms in total. The van der Waals surface area contributed by atoms with Gasteiger partial charge in [0.2, 0.25) is 9.74 Å². The van der Waals surface area contributed by atoms with Gasteiger partial charge in [-0.1, -0.05) is 54.6 Å². The highest BCUT2D eigenvalue weighted by molar-refractivity contribution is 6.66. The van der Waals surface area contributed by atoms with Gasteiger partial charge in [-0.05, 0) is 13.3 Å². The third-order valence-corrected chi connectivity index (χ3v) is 3.59. The van der Waals surface area contributed by atoms with E-state index in [0.717, 1.165) is 19.3 Å². The fourth-order valence-electron chi connectivity index (χ4n) is 1.91. The number of hydrogen-bond acceptors (Lipinski definition) is 5. The van der Waals surface area contributed by atoms with E-state index in [4.69, 9.17) is 40.1 Å². The van der Waals surface area contributed by atoms with Crippen molar-refractivity contribution in [2.24, 2.45) is 0 Å². The van der Waals surface area contributed by atoms with E-state index in [1.807, 2.05) is 11.8 Å². The van der Waals surface area contributed by atoms with Crippen molar-refractivity contribution in [3.8, 4) is 6.07 Å². The first kappa shape index (κ1) is 19.2. The lowest BCUT2D eigenvalue weighted by Crippen LogP contribution is -2.28. The zero-order chi connectivity index (χ0) is 16.6. The summed E-state index contributed by atoms with van der Waals surface area (Å²) in [5.74, 6) is 1.21. The van der Waals surface area contributed by atoms with Gasteiger partial charge >= 0.3 is 0 Å². The van der Waals surface area contributed by atoms with Crippen LogP contribution in [0.15, 0.2) is 0 Å². The predicted molar refractivity (Wildman–Crippen MR) is 90.4 cm³/mol. The normalized spacial score (nSPS) is 11.3. The summed E-state index contributed by atoms with van der Waals surface area (Å²) >= 11 is 17.8. The summed E-state index contributed by atoms with van der Waals surface area (Å²) in [4.78, 5) is 14.9. The lowest BCUT2D eigenvalue weighted by atomic mass is 10.2. The first-order valence-electron chi connectivity index (χ1n) is 7.36. The molecule has 122 valence electrons. The molecule has 1 aromatic rings. The van der Waals surface area contributed by atoms with Crippen molar-refractivity contribution in [2.75, 3.05) is 18.0 Å². The zero-order valence-electron chi connectivity index (χ0n) is 12.8. The Morgan fingerprint density at radius 2 is 1.86 bits per heavy atom. The third kappa shape index (κ3) is 6.12. The minimum Gasteiger partial charge on any atom is -0.340 e. The Hall–Kier alpha value is -0.830. The summed E-state index contributed by atoms with van der Waals surface area (Å²) in [6, 6.07) is 2.11. The maximum Gasteiger partial charge on any atom is 0.250 e. The van der Waals surface area contributed by atoms with Gasteiger partial charge in [-0.3, -0.25) is 0 Å². The number of unbranched alkanes of at least 4 members (excludes halogenated alkanes) is 2. The molecular formula is C14H20Cl3N5. The van der Waals surface area contributed by atoms with Crippen LogP contribution < -0.4 is 4.90 Å². The van der Waals surface area contributed by atoms with E-state index in [1.54, 1.807) is 0 Å². The van der Waals surface area contributed by atoms with E-state index in [9.17, 15) is 0 Å². The van der Waals surface area contributed by atoms with Crippen molar-refractivity contribution in [2.45, 2.75) is 49.7 Å². The SMILES string of the molecule is CCCCCc1nc(N(CC)CCC#N)nc(C(Cl)(Cl)Cl)n1. The first-order valence-corrected chi connectivity index (χ1v) is 8.49. The van der Waals surface area contributed by atoms with E-state index in [-0.39, 0.29) is 5.82 Å². The van der Waals surface area contributed by atoms with Crippen molar-refractivity contribution >= 4 is 40.8 Å². The Kier molecular flexibility index (Phi) is 8.16. The lowest BCUT2D eigenvalue weighted by molar-refractivity contribution is 0.675. The molecule has 1 rings (SSSR count). The van der Waals surface area contributed by atoms with Crippen LogP contribution >= 0.6 is 34.8 Å². The number of hydrogen-bond donors (Lipinski definition) is 0. The van der Waals surface area contributed by atoms with Crippen LogP contribution in [-0.2, 0) is 10.2 Å². The van der Waals surface area contributed by atoms with E-state index in [2.05, 4.69) is 27.9 Å². The van der Waals surface area contributed by atoms with Crippen LogP contribution in [0.3, 0.4) is 0 Å². The zero-order valence-corrected chi connectivity index (χ0v) is 15.1. The number of nitrogens with zero attached hydrogens (tertiary/aromatic N) is 5. The van der Waals surface area contributed by atoms with E-state index >= 15 is 0 Å². The Morgan fingerprint density at radius 1 is 1.14 bits per heavy atom. The van der Waals surface area contributed by atoms with Gasteiger partial charge in [-0.15, -0.1) is 0 Å². The molecule has 1 aromatic heterocycles. The summed E-state index contributed by atoms with van der Waals surface area (Å²) in [7, 11) is 0. The topological polar surface area (TPSA) is 65.7 Å².